The van der Waals surface area contributed by atoms with Crippen molar-refractivity contribution in [1.82, 2.24) is 0 Å². The van der Waals surface area contributed by atoms with E-state index in [1.165, 1.54) is 38.5 Å². The predicted octanol–water partition coefficient (Wildman–Crippen LogP) is 5.25. The zero-order chi connectivity index (χ0) is 12.8. The van der Waals surface area contributed by atoms with Crippen molar-refractivity contribution in [3.63, 3.8) is 0 Å². The molecule has 0 nitrogen and oxygen atoms in total. The van der Waals surface area contributed by atoms with Gasteiger partial charge in [0, 0.05) is 0 Å². The molecule has 3 rings (SSSR count). The third kappa shape index (κ3) is 3.37. The van der Waals surface area contributed by atoms with E-state index in [-0.39, 0.29) is 0 Å². The van der Waals surface area contributed by atoms with Gasteiger partial charge in [-0.2, -0.15) is 0 Å². The molecule has 0 aliphatic heterocycles. The first-order valence-corrected chi connectivity index (χ1v) is 10.0. The van der Waals surface area contributed by atoms with Crippen molar-refractivity contribution in [2.75, 3.05) is 0 Å². The molecule has 1 saturated carbocycles. The van der Waals surface area contributed by atoms with Crippen molar-refractivity contribution in [2.24, 2.45) is 11.8 Å². The Balaban J connectivity index is 0.000000574. The number of hydrogen-bond donors (Lipinski definition) is 0. The average molecular weight is 339 g/mol. The van der Waals surface area contributed by atoms with Crippen LogP contribution < -0.4 is 0 Å². The third-order valence-corrected chi connectivity index (χ3v) is 4.32. The second-order valence-electron chi connectivity index (χ2n) is 5.25. The molecule has 2 atom stereocenters. The van der Waals surface area contributed by atoms with Gasteiger partial charge in [-0.15, -0.1) is 0 Å². The van der Waals surface area contributed by atoms with E-state index >= 15 is 0 Å². The number of allylic oxidation sites excluding steroid dienone is 8. The zero-order valence-corrected chi connectivity index (χ0v) is 14.0. The van der Waals surface area contributed by atoms with Crippen LogP contribution in [0.25, 0.3) is 0 Å². The Morgan fingerprint density at radius 2 is 1.28 bits per heavy atom. The first kappa shape index (κ1) is 14.5. The predicted molar refractivity (Wildman–Crippen MR) is 75.0 cm³/mol. The normalized spacial score (nSPS) is 29.6. The van der Waals surface area contributed by atoms with Gasteiger partial charge in [-0.3, -0.25) is 0 Å². The van der Waals surface area contributed by atoms with E-state index in [0.29, 0.717) is 0 Å². The first-order chi connectivity index (χ1) is 8.95. The minimum absolute atomic E-state index is 0.842. The average Bonchev–Trinajstić information content (AvgIpc) is 3.14. The Labute approximate surface area is 129 Å². The molecule has 0 aromatic carbocycles. The minimum atomic E-state index is 0.842. The van der Waals surface area contributed by atoms with Crippen LogP contribution in [0.3, 0.4) is 0 Å². The Hall–Kier alpha value is 0.133. The van der Waals surface area contributed by atoms with E-state index in [9.17, 15) is 0 Å². The molecule has 3 aliphatic rings. The van der Waals surface area contributed by atoms with Gasteiger partial charge in [-0.05, 0) is 37.5 Å². The van der Waals surface area contributed by atoms with Crippen molar-refractivity contribution >= 4 is 8.51 Å². The van der Waals surface area contributed by atoms with Gasteiger partial charge in [0.1, 0.15) is 0 Å². The fraction of sp³-hybridized carbons (Fsp3) is 0.500. The summed E-state index contributed by atoms with van der Waals surface area (Å²) in [6, 6.07) is 0. The fourth-order valence-corrected chi connectivity index (χ4v) is 3.50. The van der Waals surface area contributed by atoms with Crippen molar-refractivity contribution in [2.45, 2.75) is 38.5 Å². The molecule has 0 spiro atoms. The van der Waals surface area contributed by atoms with Gasteiger partial charge in [-0.25, -0.2) is 0 Å². The first-order valence-electron chi connectivity index (χ1n) is 6.85. The summed E-state index contributed by atoms with van der Waals surface area (Å²) in [5.41, 5.74) is 3.38. The Kier molecular flexibility index (Phi) is 6.19. The van der Waals surface area contributed by atoms with Gasteiger partial charge >= 0.3 is 32.0 Å². The van der Waals surface area contributed by atoms with Crippen LogP contribution in [0, 0.1) is 11.8 Å². The third-order valence-electron chi connectivity index (χ3n) is 4.32. The van der Waals surface area contributed by atoms with E-state index < -0.39 is 0 Å². The van der Waals surface area contributed by atoms with Crippen LogP contribution in [0.1, 0.15) is 38.5 Å². The SMILES string of the molecule is C1=CCC(C2CCCCC2C2=CC=CC2)=C1.[Cl][Zr]. The van der Waals surface area contributed by atoms with Crippen LogP contribution in [-0.4, -0.2) is 0 Å². The molecule has 1 fully saturated rings. The van der Waals surface area contributed by atoms with Gasteiger partial charge in [0.05, 0.1) is 0 Å². The Bertz CT molecular complexity index is 352. The summed E-state index contributed by atoms with van der Waals surface area (Å²) in [5.74, 6) is 1.68. The standard InChI is InChI=1S/C16H20.ClH.Zr/c1-2-8-13(7-1)15-11-5-6-12-16(15)14-9-3-4-10-14;;/h1-4,7,9,15-16H,5-6,8,10-12H2;1H;/q;;+1/p-1. The molecular formula is C16H20ClZr. The molecule has 0 aromatic rings. The van der Waals surface area contributed by atoms with E-state index in [0.717, 1.165) is 35.4 Å². The van der Waals surface area contributed by atoms with E-state index in [4.69, 9.17) is 8.51 Å². The summed E-state index contributed by atoms with van der Waals surface area (Å²) < 4.78 is 0. The van der Waals surface area contributed by atoms with Gasteiger partial charge in [0.15, 0.2) is 0 Å². The molecule has 3 aliphatic carbocycles. The van der Waals surface area contributed by atoms with Gasteiger partial charge in [-0.1, -0.05) is 60.4 Å². The van der Waals surface area contributed by atoms with Gasteiger partial charge < -0.3 is 0 Å². The summed E-state index contributed by atoms with van der Waals surface area (Å²) in [6.07, 6.45) is 21.9. The molecule has 0 N–H and O–H groups in total. The summed E-state index contributed by atoms with van der Waals surface area (Å²) >= 11 is 1.02. The molecule has 0 saturated heterocycles. The van der Waals surface area contributed by atoms with E-state index in [1.807, 2.05) is 0 Å². The summed E-state index contributed by atoms with van der Waals surface area (Å²) in [4.78, 5) is 0. The molecule has 0 aromatic heterocycles. The van der Waals surface area contributed by atoms with Crippen LogP contribution in [0.4, 0.5) is 0 Å². The molecule has 0 bridgehead atoms. The van der Waals surface area contributed by atoms with Gasteiger partial charge in [0.2, 0.25) is 0 Å². The summed E-state index contributed by atoms with van der Waals surface area (Å²) in [5, 5.41) is 0. The molecule has 0 radical (unpaired) electrons. The number of halogens is 1. The Morgan fingerprint density at radius 1 is 0.833 bits per heavy atom. The monoisotopic (exact) mass is 337 g/mol. The van der Waals surface area contributed by atoms with Crippen molar-refractivity contribution < 1.29 is 23.5 Å². The van der Waals surface area contributed by atoms with Crippen molar-refractivity contribution in [1.29, 1.82) is 0 Å². The second kappa shape index (κ2) is 7.66. The molecule has 0 heterocycles. The maximum atomic E-state index is 4.73. The van der Waals surface area contributed by atoms with Gasteiger partial charge in [0.25, 0.3) is 0 Å². The fourth-order valence-electron chi connectivity index (χ4n) is 3.50. The number of rotatable bonds is 2. The van der Waals surface area contributed by atoms with Crippen LogP contribution >= 0.6 is 8.51 Å². The van der Waals surface area contributed by atoms with E-state index in [2.05, 4.69) is 36.5 Å². The maximum absolute atomic E-state index is 4.73. The topological polar surface area (TPSA) is 0 Å². The summed E-state index contributed by atoms with van der Waals surface area (Å²) in [6.45, 7) is 0. The van der Waals surface area contributed by atoms with Crippen molar-refractivity contribution in [3.8, 4) is 0 Å². The molecule has 18 heavy (non-hydrogen) atoms. The molecule has 2 unspecified atom stereocenters. The van der Waals surface area contributed by atoms with E-state index in [1.54, 1.807) is 11.1 Å². The summed E-state index contributed by atoms with van der Waals surface area (Å²) in [7, 11) is 4.73. The molecule has 0 amide bonds. The van der Waals surface area contributed by atoms with Crippen LogP contribution in [0.15, 0.2) is 47.6 Å². The van der Waals surface area contributed by atoms with Crippen molar-refractivity contribution in [3.05, 3.63) is 47.6 Å². The van der Waals surface area contributed by atoms with Crippen LogP contribution in [0.2, 0.25) is 0 Å². The quantitative estimate of drug-likeness (QED) is 0.644. The zero-order valence-electron chi connectivity index (χ0n) is 10.7. The van der Waals surface area contributed by atoms with Crippen LogP contribution in [-0.2, 0) is 23.5 Å². The van der Waals surface area contributed by atoms with Crippen LogP contribution in [0.5, 0.6) is 0 Å². The molecule has 95 valence electrons. The second-order valence-corrected chi connectivity index (χ2v) is 5.25. The molecule has 2 heteroatoms. The molecular weight excluding hydrogens is 319 g/mol. The Morgan fingerprint density at radius 3 is 1.61 bits per heavy atom. The number of hydrogen-bond acceptors (Lipinski definition) is 0.